The van der Waals surface area contributed by atoms with E-state index in [0.29, 0.717) is 16.6 Å². The van der Waals surface area contributed by atoms with Crippen molar-refractivity contribution in [3.8, 4) is 5.75 Å². The molecule has 0 fully saturated rings. The van der Waals surface area contributed by atoms with Gasteiger partial charge >= 0.3 is 0 Å². The molecular formula is C11H12N4O2S. The predicted molar refractivity (Wildman–Crippen MR) is 69.5 cm³/mol. The average molecular weight is 264 g/mol. The maximum Gasteiger partial charge on any atom is 0.229 e. The zero-order chi connectivity index (χ0) is 12.8. The van der Waals surface area contributed by atoms with Crippen molar-refractivity contribution < 1.29 is 9.53 Å². The molecule has 0 radical (unpaired) electrons. The minimum atomic E-state index is -0.157. The number of hydrogen-bond acceptors (Lipinski definition) is 6. The summed E-state index contributed by atoms with van der Waals surface area (Å²) in [5.74, 6) is 0.495. The molecule has 0 unspecified atom stereocenters. The minimum absolute atomic E-state index is 0.157. The molecule has 0 atom stereocenters. The lowest BCUT2D eigenvalue weighted by Gasteiger charge is -2.06. The van der Waals surface area contributed by atoms with Gasteiger partial charge in [0.2, 0.25) is 11.0 Å². The summed E-state index contributed by atoms with van der Waals surface area (Å²) in [4.78, 5) is 11.5. The van der Waals surface area contributed by atoms with Crippen LogP contribution in [0.4, 0.5) is 10.8 Å². The van der Waals surface area contributed by atoms with Crippen LogP contribution < -0.4 is 15.8 Å². The molecule has 0 saturated heterocycles. The number of aromatic nitrogens is 2. The SMILES string of the molecule is Nc1cccc(OCCC(=O)Nc2nncs2)c1. The van der Waals surface area contributed by atoms with Crippen LogP contribution >= 0.6 is 11.3 Å². The Morgan fingerprint density at radius 3 is 3.11 bits per heavy atom. The van der Waals surface area contributed by atoms with E-state index in [9.17, 15) is 4.79 Å². The normalized spacial score (nSPS) is 10.0. The summed E-state index contributed by atoms with van der Waals surface area (Å²) in [5.41, 5.74) is 7.79. The highest BCUT2D eigenvalue weighted by atomic mass is 32.1. The number of nitrogen functional groups attached to an aromatic ring is 1. The van der Waals surface area contributed by atoms with Crippen LogP contribution in [0.1, 0.15) is 6.42 Å². The van der Waals surface area contributed by atoms with E-state index in [2.05, 4.69) is 15.5 Å². The molecule has 18 heavy (non-hydrogen) atoms. The first-order valence-corrected chi connectivity index (χ1v) is 6.16. The van der Waals surface area contributed by atoms with Gasteiger partial charge in [-0.1, -0.05) is 17.4 Å². The lowest BCUT2D eigenvalue weighted by Crippen LogP contribution is -2.15. The van der Waals surface area contributed by atoms with Gasteiger partial charge in [-0.25, -0.2) is 0 Å². The Bertz CT molecular complexity index is 516. The second-order valence-corrected chi connectivity index (χ2v) is 4.30. The summed E-state index contributed by atoms with van der Waals surface area (Å²) in [6, 6.07) is 7.07. The molecule has 0 aliphatic rings. The average Bonchev–Trinajstić information content (AvgIpc) is 2.82. The van der Waals surface area contributed by atoms with E-state index >= 15 is 0 Å². The van der Waals surface area contributed by atoms with E-state index in [-0.39, 0.29) is 18.9 Å². The predicted octanol–water partition coefficient (Wildman–Crippen LogP) is 1.53. The number of anilines is 2. The van der Waals surface area contributed by atoms with Crippen LogP contribution in [0.25, 0.3) is 0 Å². The first-order valence-electron chi connectivity index (χ1n) is 5.28. The molecule has 1 aromatic carbocycles. The quantitative estimate of drug-likeness (QED) is 0.799. The number of hydrogen-bond donors (Lipinski definition) is 2. The van der Waals surface area contributed by atoms with E-state index in [4.69, 9.17) is 10.5 Å². The number of carbonyl (C=O) groups is 1. The van der Waals surface area contributed by atoms with Gasteiger partial charge in [-0.2, -0.15) is 0 Å². The Morgan fingerprint density at radius 2 is 2.39 bits per heavy atom. The van der Waals surface area contributed by atoms with Crippen molar-refractivity contribution in [3.05, 3.63) is 29.8 Å². The summed E-state index contributed by atoms with van der Waals surface area (Å²) in [7, 11) is 0. The summed E-state index contributed by atoms with van der Waals surface area (Å²) >= 11 is 1.27. The number of benzene rings is 1. The van der Waals surface area contributed by atoms with Gasteiger partial charge in [0.1, 0.15) is 11.3 Å². The second kappa shape index (κ2) is 5.97. The van der Waals surface area contributed by atoms with E-state index in [1.807, 2.05) is 0 Å². The Labute approximate surface area is 108 Å². The third kappa shape index (κ3) is 3.70. The number of ether oxygens (including phenoxy) is 1. The summed E-state index contributed by atoms with van der Waals surface area (Å²) in [6.45, 7) is 0.286. The molecule has 1 amide bonds. The highest BCUT2D eigenvalue weighted by Crippen LogP contribution is 2.14. The number of nitrogens with two attached hydrogens (primary N) is 1. The Morgan fingerprint density at radius 1 is 1.50 bits per heavy atom. The van der Waals surface area contributed by atoms with Crippen LogP contribution in [0.2, 0.25) is 0 Å². The minimum Gasteiger partial charge on any atom is -0.493 e. The van der Waals surface area contributed by atoms with Crippen LogP contribution in [0, 0.1) is 0 Å². The van der Waals surface area contributed by atoms with Crippen molar-refractivity contribution in [3.63, 3.8) is 0 Å². The third-order valence-electron chi connectivity index (χ3n) is 2.06. The monoisotopic (exact) mass is 264 g/mol. The number of nitrogens with zero attached hydrogens (tertiary/aromatic N) is 2. The van der Waals surface area contributed by atoms with Gasteiger partial charge in [0.15, 0.2) is 0 Å². The summed E-state index contributed by atoms with van der Waals surface area (Å²) < 4.78 is 5.40. The van der Waals surface area contributed by atoms with Crippen LogP contribution in [0.5, 0.6) is 5.75 Å². The van der Waals surface area contributed by atoms with E-state index < -0.39 is 0 Å². The number of rotatable bonds is 5. The topological polar surface area (TPSA) is 90.1 Å². The van der Waals surface area contributed by atoms with Gasteiger partial charge in [0.25, 0.3) is 0 Å². The molecule has 2 aromatic rings. The molecule has 0 bridgehead atoms. The van der Waals surface area contributed by atoms with Gasteiger partial charge in [-0.3, -0.25) is 4.79 Å². The second-order valence-electron chi connectivity index (χ2n) is 3.46. The van der Waals surface area contributed by atoms with Gasteiger partial charge in [0, 0.05) is 11.8 Å². The van der Waals surface area contributed by atoms with Crippen molar-refractivity contribution in [2.75, 3.05) is 17.7 Å². The van der Waals surface area contributed by atoms with Crippen molar-refractivity contribution in [2.24, 2.45) is 0 Å². The fourth-order valence-electron chi connectivity index (χ4n) is 1.28. The van der Waals surface area contributed by atoms with Crippen LogP contribution in [0.15, 0.2) is 29.8 Å². The van der Waals surface area contributed by atoms with Gasteiger partial charge in [-0.05, 0) is 12.1 Å². The molecule has 94 valence electrons. The highest BCUT2D eigenvalue weighted by molar-refractivity contribution is 7.13. The Hall–Kier alpha value is -2.15. The molecule has 0 spiro atoms. The Kier molecular flexibility index (Phi) is 4.08. The van der Waals surface area contributed by atoms with E-state index in [1.165, 1.54) is 11.3 Å². The van der Waals surface area contributed by atoms with E-state index in [0.717, 1.165) is 0 Å². The largest absolute Gasteiger partial charge is 0.493 e. The number of carbonyl (C=O) groups excluding carboxylic acids is 1. The molecule has 1 aromatic heterocycles. The molecule has 7 heteroatoms. The van der Waals surface area contributed by atoms with Crippen molar-refractivity contribution in [1.29, 1.82) is 0 Å². The molecule has 0 aliphatic heterocycles. The molecular weight excluding hydrogens is 252 g/mol. The molecule has 0 saturated carbocycles. The maximum absolute atomic E-state index is 11.5. The smallest absolute Gasteiger partial charge is 0.229 e. The lowest BCUT2D eigenvalue weighted by atomic mass is 10.3. The first-order chi connectivity index (χ1) is 8.74. The van der Waals surface area contributed by atoms with Crippen molar-refractivity contribution in [2.45, 2.75) is 6.42 Å². The first kappa shape index (κ1) is 12.3. The zero-order valence-corrected chi connectivity index (χ0v) is 10.3. The van der Waals surface area contributed by atoms with Crippen LogP contribution in [0.3, 0.4) is 0 Å². The zero-order valence-electron chi connectivity index (χ0n) is 9.50. The lowest BCUT2D eigenvalue weighted by molar-refractivity contribution is -0.116. The van der Waals surface area contributed by atoms with Crippen molar-refractivity contribution >= 4 is 28.1 Å². The fraction of sp³-hybridized carbons (Fsp3) is 0.182. The van der Waals surface area contributed by atoms with Crippen molar-refractivity contribution in [1.82, 2.24) is 10.2 Å². The fourth-order valence-corrected chi connectivity index (χ4v) is 1.74. The third-order valence-corrected chi connectivity index (χ3v) is 2.67. The summed E-state index contributed by atoms with van der Waals surface area (Å²) in [5, 5.41) is 10.4. The standard InChI is InChI=1S/C11H12N4O2S/c12-8-2-1-3-9(6-8)17-5-4-10(16)14-11-15-13-7-18-11/h1-3,6-7H,4-5,12H2,(H,14,15,16). The Balaban J connectivity index is 1.73. The maximum atomic E-state index is 11.5. The van der Waals surface area contributed by atoms with Gasteiger partial charge in [0.05, 0.1) is 13.0 Å². The molecule has 3 N–H and O–H groups in total. The highest BCUT2D eigenvalue weighted by Gasteiger charge is 2.05. The van der Waals surface area contributed by atoms with Crippen LogP contribution in [-0.2, 0) is 4.79 Å². The molecule has 6 nitrogen and oxygen atoms in total. The van der Waals surface area contributed by atoms with Gasteiger partial charge < -0.3 is 15.8 Å². The molecule has 1 heterocycles. The van der Waals surface area contributed by atoms with Gasteiger partial charge in [-0.15, -0.1) is 10.2 Å². The molecule has 2 rings (SSSR count). The number of amides is 1. The number of nitrogens with one attached hydrogen (secondary N) is 1. The molecule has 0 aliphatic carbocycles. The van der Waals surface area contributed by atoms with E-state index in [1.54, 1.807) is 29.8 Å². The van der Waals surface area contributed by atoms with Crippen LogP contribution in [-0.4, -0.2) is 22.7 Å². The summed E-state index contributed by atoms with van der Waals surface area (Å²) in [6.07, 6.45) is 0.244.